The number of piperidine rings is 1. The summed E-state index contributed by atoms with van der Waals surface area (Å²) in [6.07, 6.45) is 0.108. The molecular weight excluding hydrogens is 344 g/mol. The fourth-order valence-corrected chi connectivity index (χ4v) is 3.14. The number of hydrogen-bond donors (Lipinski definition) is 2. The van der Waals surface area contributed by atoms with Crippen LogP contribution < -0.4 is 5.32 Å². The van der Waals surface area contributed by atoms with E-state index in [9.17, 15) is 18.7 Å². The largest absolute Gasteiger partial charge is 0.387 e. The first-order valence-corrected chi connectivity index (χ1v) is 8.52. The molecule has 1 amide bonds. The number of β-amino-alcohol motifs (C(OH)–C–C–N with tert-alkyl or cyclic N) is 1. The normalized spacial score (nSPS) is 17.2. The monoisotopic (exact) mass is 365 g/mol. The summed E-state index contributed by atoms with van der Waals surface area (Å²) >= 11 is 0. The fourth-order valence-electron chi connectivity index (χ4n) is 3.14. The van der Waals surface area contributed by atoms with Crippen molar-refractivity contribution in [3.8, 4) is 0 Å². The van der Waals surface area contributed by atoms with Crippen LogP contribution in [0.1, 0.15) is 30.3 Å². The first kappa shape index (κ1) is 18.5. The van der Waals surface area contributed by atoms with Crippen LogP contribution >= 0.6 is 0 Å². The molecule has 26 heavy (non-hydrogen) atoms. The van der Waals surface area contributed by atoms with Gasteiger partial charge >= 0.3 is 0 Å². The number of rotatable bonds is 5. The van der Waals surface area contributed by atoms with Gasteiger partial charge in [0.05, 0.1) is 6.10 Å². The predicted molar refractivity (Wildman–Crippen MR) is 90.4 cm³/mol. The number of benzene rings is 1. The Morgan fingerprint density at radius 1 is 1.38 bits per heavy atom. The number of aromatic nitrogens is 1. The molecule has 0 saturated carbocycles. The van der Waals surface area contributed by atoms with Gasteiger partial charge in [0.15, 0.2) is 5.82 Å². The highest BCUT2D eigenvalue weighted by Gasteiger charge is 2.27. The lowest BCUT2D eigenvalue weighted by atomic mass is 9.95. The van der Waals surface area contributed by atoms with Gasteiger partial charge in [0.1, 0.15) is 17.4 Å². The number of carbonyl (C=O) groups is 1. The highest BCUT2D eigenvalue weighted by atomic mass is 19.1. The minimum absolute atomic E-state index is 0.0498. The second kappa shape index (κ2) is 7.92. The van der Waals surface area contributed by atoms with Crippen molar-refractivity contribution in [3.63, 3.8) is 0 Å². The Morgan fingerprint density at radius 2 is 2.12 bits per heavy atom. The molecule has 0 unspecified atom stereocenters. The molecule has 0 radical (unpaired) electrons. The molecule has 0 aliphatic carbocycles. The van der Waals surface area contributed by atoms with Crippen molar-refractivity contribution >= 4 is 11.7 Å². The maximum Gasteiger partial charge on any atom is 0.228 e. The summed E-state index contributed by atoms with van der Waals surface area (Å²) in [7, 11) is 0. The number of aliphatic hydroxyl groups is 1. The third-order valence-electron chi connectivity index (χ3n) is 4.59. The molecule has 140 valence electrons. The van der Waals surface area contributed by atoms with Crippen LogP contribution in [0.15, 0.2) is 28.8 Å². The van der Waals surface area contributed by atoms with Gasteiger partial charge in [-0.3, -0.25) is 4.79 Å². The Hall–Kier alpha value is -2.32. The summed E-state index contributed by atoms with van der Waals surface area (Å²) in [5.74, 6) is -0.475. The van der Waals surface area contributed by atoms with Crippen LogP contribution in [0, 0.1) is 24.5 Å². The molecule has 1 aliphatic heterocycles. The number of nitrogens with one attached hydrogen (secondary N) is 1. The van der Waals surface area contributed by atoms with Gasteiger partial charge in [-0.15, -0.1) is 0 Å². The van der Waals surface area contributed by atoms with E-state index in [2.05, 4.69) is 10.5 Å². The first-order chi connectivity index (χ1) is 12.4. The summed E-state index contributed by atoms with van der Waals surface area (Å²) in [4.78, 5) is 14.2. The molecule has 0 bridgehead atoms. The van der Waals surface area contributed by atoms with Gasteiger partial charge < -0.3 is 19.8 Å². The fraction of sp³-hybridized carbons (Fsp3) is 0.444. The van der Waals surface area contributed by atoms with Gasteiger partial charge in [0.2, 0.25) is 5.91 Å². The number of aryl methyl sites for hydroxylation is 1. The standard InChI is InChI=1S/C18H21F2N3O3/c1-11-8-17(22-26-11)21-18(25)12-4-6-23(7-5-12)10-16(24)14-9-13(19)2-3-15(14)20/h2-3,8-9,12,16,24H,4-7,10H2,1H3,(H,21,22,25)/t16-/m1/s1. The van der Waals surface area contributed by atoms with Gasteiger partial charge in [-0.05, 0) is 51.1 Å². The van der Waals surface area contributed by atoms with Crippen molar-refractivity contribution < 1.29 is 23.2 Å². The van der Waals surface area contributed by atoms with E-state index >= 15 is 0 Å². The number of nitrogens with zero attached hydrogens (tertiary/aromatic N) is 2. The van der Waals surface area contributed by atoms with Gasteiger partial charge in [0.25, 0.3) is 0 Å². The van der Waals surface area contributed by atoms with Gasteiger partial charge in [-0.1, -0.05) is 5.16 Å². The van der Waals surface area contributed by atoms with Crippen LogP contribution in [0.4, 0.5) is 14.6 Å². The molecule has 1 aromatic heterocycles. The molecule has 1 fully saturated rings. The molecule has 0 spiro atoms. The van der Waals surface area contributed by atoms with Crippen molar-refractivity contribution in [1.29, 1.82) is 0 Å². The topological polar surface area (TPSA) is 78.6 Å². The minimum Gasteiger partial charge on any atom is -0.387 e. The third kappa shape index (κ3) is 4.44. The van der Waals surface area contributed by atoms with Gasteiger partial charge in [0, 0.05) is 24.1 Å². The van der Waals surface area contributed by atoms with E-state index in [1.54, 1.807) is 13.0 Å². The van der Waals surface area contributed by atoms with E-state index in [-0.39, 0.29) is 23.9 Å². The second-order valence-corrected chi connectivity index (χ2v) is 6.57. The van der Waals surface area contributed by atoms with Crippen molar-refractivity contribution in [2.75, 3.05) is 25.0 Å². The van der Waals surface area contributed by atoms with Gasteiger partial charge in [-0.2, -0.15) is 0 Å². The van der Waals surface area contributed by atoms with E-state index < -0.39 is 17.7 Å². The number of likely N-dealkylation sites (tertiary alicyclic amines) is 1. The van der Waals surface area contributed by atoms with Crippen LogP contribution in [0.3, 0.4) is 0 Å². The summed E-state index contributed by atoms with van der Waals surface area (Å²) in [5, 5.41) is 16.7. The van der Waals surface area contributed by atoms with E-state index in [1.165, 1.54) is 0 Å². The average Bonchev–Trinajstić information content (AvgIpc) is 3.02. The summed E-state index contributed by atoms with van der Waals surface area (Å²) in [6, 6.07) is 4.69. The summed E-state index contributed by atoms with van der Waals surface area (Å²) < 4.78 is 31.9. The number of aliphatic hydroxyl groups excluding tert-OH is 1. The molecule has 2 heterocycles. The zero-order chi connectivity index (χ0) is 18.7. The Balaban J connectivity index is 1.50. The predicted octanol–water partition coefficient (Wildman–Crippen LogP) is 2.65. The Morgan fingerprint density at radius 3 is 2.77 bits per heavy atom. The van der Waals surface area contributed by atoms with Crippen molar-refractivity contribution in [2.45, 2.75) is 25.9 Å². The molecular formula is C18H21F2N3O3. The number of carbonyl (C=O) groups excluding carboxylic acids is 1. The molecule has 6 nitrogen and oxygen atoms in total. The number of amides is 1. The van der Waals surface area contributed by atoms with E-state index in [0.29, 0.717) is 37.5 Å². The van der Waals surface area contributed by atoms with Gasteiger partial charge in [-0.25, -0.2) is 8.78 Å². The second-order valence-electron chi connectivity index (χ2n) is 6.57. The number of halogens is 2. The van der Waals surface area contributed by atoms with Crippen LogP contribution in [-0.2, 0) is 4.79 Å². The zero-order valence-electron chi connectivity index (χ0n) is 14.4. The molecule has 1 aliphatic rings. The lowest BCUT2D eigenvalue weighted by molar-refractivity contribution is -0.121. The highest BCUT2D eigenvalue weighted by Crippen LogP contribution is 2.24. The average molecular weight is 365 g/mol. The SMILES string of the molecule is Cc1cc(NC(=O)C2CCN(C[C@@H](O)c3cc(F)ccc3F)CC2)no1. The lowest BCUT2D eigenvalue weighted by Crippen LogP contribution is -2.40. The third-order valence-corrected chi connectivity index (χ3v) is 4.59. The molecule has 3 rings (SSSR count). The summed E-state index contributed by atoms with van der Waals surface area (Å²) in [5.41, 5.74) is -0.0498. The van der Waals surface area contributed by atoms with Crippen LogP contribution in [-0.4, -0.2) is 40.7 Å². The number of anilines is 1. The van der Waals surface area contributed by atoms with E-state index in [1.807, 2.05) is 4.90 Å². The molecule has 1 aromatic carbocycles. The van der Waals surface area contributed by atoms with Crippen molar-refractivity contribution in [2.24, 2.45) is 5.92 Å². The first-order valence-electron chi connectivity index (χ1n) is 8.52. The Labute approximate surface area is 149 Å². The van der Waals surface area contributed by atoms with Crippen molar-refractivity contribution in [3.05, 3.63) is 47.2 Å². The minimum atomic E-state index is -1.12. The zero-order valence-corrected chi connectivity index (χ0v) is 14.4. The van der Waals surface area contributed by atoms with Crippen LogP contribution in [0.5, 0.6) is 0 Å². The Kier molecular flexibility index (Phi) is 5.63. The van der Waals surface area contributed by atoms with E-state index in [0.717, 1.165) is 18.2 Å². The summed E-state index contributed by atoms with van der Waals surface area (Å²) in [6.45, 7) is 3.11. The van der Waals surface area contributed by atoms with Crippen molar-refractivity contribution in [1.82, 2.24) is 10.1 Å². The molecule has 1 saturated heterocycles. The molecule has 8 heteroatoms. The highest BCUT2D eigenvalue weighted by molar-refractivity contribution is 5.91. The van der Waals surface area contributed by atoms with E-state index in [4.69, 9.17) is 4.52 Å². The molecule has 1 atom stereocenters. The lowest BCUT2D eigenvalue weighted by Gasteiger charge is -2.32. The molecule has 2 aromatic rings. The number of hydrogen-bond acceptors (Lipinski definition) is 5. The quantitative estimate of drug-likeness (QED) is 0.852. The maximum atomic E-state index is 13.7. The van der Waals surface area contributed by atoms with Crippen LogP contribution in [0.25, 0.3) is 0 Å². The van der Waals surface area contributed by atoms with Crippen LogP contribution in [0.2, 0.25) is 0 Å². The Bertz CT molecular complexity index is 773. The molecule has 2 N–H and O–H groups in total. The smallest absolute Gasteiger partial charge is 0.228 e. The maximum absolute atomic E-state index is 13.7.